The van der Waals surface area contributed by atoms with Crippen molar-refractivity contribution in [3.8, 4) is 17.2 Å². The van der Waals surface area contributed by atoms with E-state index in [1.165, 1.54) is 12.1 Å². The van der Waals surface area contributed by atoms with E-state index in [1.807, 2.05) is 6.07 Å². The van der Waals surface area contributed by atoms with Crippen LogP contribution < -0.4 is 14.2 Å². The average Bonchev–Trinajstić information content (AvgIpc) is 2.92. The number of carboxylic acid groups (broad SMARTS) is 1. The summed E-state index contributed by atoms with van der Waals surface area (Å²) in [6.07, 6.45) is 1.65. The molecule has 0 atom stereocenters. The Balaban J connectivity index is 1.86. The van der Waals surface area contributed by atoms with Crippen molar-refractivity contribution in [3.63, 3.8) is 0 Å². The maximum atomic E-state index is 11.2. The molecule has 1 aromatic carbocycles. The minimum absolute atomic E-state index is 0.0326. The molecule has 6 heteroatoms. The fourth-order valence-electron chi connectivity index (χ4n) is 1.85. The quantitative estimate of drug-likeness (QED) is 0.919. The van der Waals surface area contributed by atoms with E-state index in [0.29, 0.717) is 17.2 Å². The predicted octanol–water partition coefficient (Wildman–Crippen LogP) is 2.09. The number of pyridine rings is 1. The summed E-state index contributed by atoms with van der Waals surface area (Å²) in [6.45, 7) is 0.263. The molecule has 3 rings (SSSR count). The molecule has 1 aromatic heterocycles. The van der Waals surface area contributed by atoms with Crippen molar-refractivity contribution in [3.05, 3.63) is 47.8 Å². The van der Waals surface area contributed by atoms with E-state index < -0.39 is 5.97 Å². The maximum Gasteiger partial charge on any atom is 0.339 e. The minimum Gasteiger partial charge on any atom is -0.486 e. The van der Waals surface area contributed by atoms with Gasteiger partial charge in [0.25, 0.3) is 0 Å². The Morgan fingerprint density at radius 2 is 2.10 bits per heavy atom. The molecule has 0 unspecified atom stereocenters. The van der Waals surface area contributed by atoms with Crippen LogP contribution in [-0.2, 0) is 6.61 Å². The lowest BCUT2D eigenvalue weighted by molar-refractivity contribution is 0.0691. The van der Waals surface area contributed by atoms with E-state index >= 15 is 0 Å². The summed E-state index contributed by atoms with van der Waals surface area (Å²) in [5.41, 5.74) is 0.742. The number of carboxylic acids is 1. The molecule has 2 aromatic rings. The van der Waals surface area contributed by atoms with Gasteiger partial charge in [-0.15, -0.1) is 0 Å². The number of aromatic carboxylic acids is 1. The van der Waals surface area contributed by atoms with Crippen LogP contribution in [0.25, 0.3) is 0 Å². The van der Waals surface area contributed by atoms with Crippen molar-refractivity contribution in [1.29, 1.82) is 0 Å². The van der Waals surface area contributed by atoms with Crippen molar-refractivity contribution in [2.45, 2.75) is 6.61 Å². The van der Waals surface area contributed by atoms with E-state index in [4.69, 9.17) is 14.2 Å². The first-order valence-corrected chi connectivity index (χ1v) is 5.93. The van der Waals surface area contributed by atoms with Crippen molar-refractivity contribution in [1.82, 2.24) is 4.98 Å². The third-order valence-corrected chi connectivity index (χ3v) is 2.81. The molecule has 0 amide bonds. The second-order valence-corrected chi connectivity index (χ2v) is 4.12. The molecule has 6 nitrogen and oxygen atoms in total. The zero-order valence-corrected chi connectivity index (χ0v) is 10.4. The second kappa shape index (κ2) is 5.08. The fraction of sp³-hybridized carbons (Fsp3) is 0.143. The van der Waals surface area contributed by atoms with E-state index in [2.05, 4.69) is 4.98 Å². The first-order valence-electron chi connectivity index (χ1n) is 5.93. The number of hydrogen-bond donors (Lipinski definition) is 1. The van der Waals surface area contributed by atoms with Gasteiger partial charge in [0, 0.05) is 18.3 Å². The Labute approximate surface area is 114 Å². The van der Waals surface area contributed by atoms with Gasteiger partial charge in [-0.25, -0.2) is 4.79 Å². The number of fused-ring (bicyclic) bond motifs is 1. The lowest BCUT2D eigenvalue weighted by Gasteiger charge is -2.09. The van der Waals surface area contributed by atoms with Crippen LogP contribution in [0.2, 0.25) is 0 Å². The molecule has 0 bridgehead atoms. The highest BCUT2D eigenvalue weighted by Crippen LogP contribution is 2.38. The summed E-state index contributed by atoms with van der Waals surface area (Å²) in [6, 6.07) is 8.36. The third kappa shape index (κ3) is 2.35. The van der Waals surface area contributed by atoms with Crippen LogP contribution in [0, 0.1) is 0 Å². The Bertz CT molecular complexity index is 642. The summed E-state index contributed by atoms with van der Waals surface area (Å²) in [5.74, 6) is 0.0327. The van der Waals surface area contributed by atoms with Crippen LogP contribution in [0.3, 0.4) is 0 Å². The Morgan fingerprint density at radius 3 is 2.80 bits per heavy atom. The van der Waals surface area contributed by atoms with Gasteiger partial charge in [-0.05, 0) is 12.1 Å². The van der Waals surface area contributed by atoms with Crippen molar-refractivity contribution < 1.29 is 24.1 Å². The van der Waals surface area contributed by atoms with Crippen molar-refractivity contribution >= 4 is 5.97 Å². The monoisotopic (exact) mass is 273 g/mol. The Kier molecular flexibility index (Phi) is 3.12. The van der Waals surface area contributed by atoms with E-state index in [1.54, 1.807) is 18.3 Å². The zero-order chi connectivity index (χ0) is 13.9. The third-order valence-electron chi connectivity index (χ3n) is 2.81. The number of ether oxygens (including phenoxy) is 3. The van der Waals surface area contributed by atoms with Crippen LogP contribution in [0.1, 0.15) is 16.1 Å². The number of benzene rings is 1. The maximum absolute atomic E-state index is 11.2. The lowest BCUT2D eigenvalue weighted by atomic mass is 10.2. The van der Waals surface area contributed by atoms with Crippen LogP contribution in [0.15, 0.2) is 36.5 Å². The molecule has 0 spiro atoms. The van der Waals surface area contributed by atoms with Crippen LogP contribution in [0.5, 0.6) is 17.2 Å². The minimum atomic E-state index is -1.08. The van der Waals surface area contributed by atoms with E-state index in [-0.39, 0.29) is 24.7 Å². The molecule has 1 aliphatic heterocycles. The number of aromatic nitrogens is 1. The van der Waals surface area contributed by atoms with Gasteiger partial charge >= 0.3 is 5.97 Å². The molecule has 102 valence electrons. The van der Waals surface area contributed by atoms with Crippen LogP contribution >= 0.6 is 0 Å². The highest BCUT2D eigenvalue weighted by Gasteiger charge is 2.21. The number of carbonyl (C=O) groups is 1. The fourth-order valence-corrected chi connectivity index (χ4v) is 1.85. The number of rotatable bonds is 4. The number of hydrogen-bond acceptors (Lipinski definition) is 5. The molecule has 0 saturated heterocycles. The van der Waals surface area contributed by atoms with E-state index in [9.17, 15) is 9.90 Å². The molecule has 0 fully saturated rings. The van der Waals surface area contributed by atoms with Gasteiger partial charge in [-0.3, -0.25) is 4.98 Å². The molecule has 0 aliphatic carbocycles. The van der Waals surface area contributed by atoms with Gasteiger partial charge in [0.15, 0.2) is 11.5 Å². The van der Waals surface area contributed by atoms with Gasteiger partial charge < -0.3 is 19.3 Å². The second-order valence-electron chi connectivity index (χ2n) is 4.12. The van der Waals surface area contributed by atoms with Crippen LogP contribution in [-0.4, -0.2) is 22.9 Å². The highest BCUT2D eigenvalue weighted by atomic mass is 16.7. The molecule has 1 N–H and O–H groups in total. The summed E-state index contributed by atoms with van der Waals surface area (Å²) < 4.78 is 15.9. The topological polar surface area (TPSA) is 77.9 Å². The molecule has 0 saturated carbocycles. The molecule has 20 heavy (non-hydrogen) atoms. The first kappa shape index (κ1) is 12.3. The van der Waals surface area contributed by atoms with Gasteiger partial charge in [-0.2, -0.15) is 0 Å². The normalized spacial score (nSPS) is 12.2. The van der Waals surface area contributed by atoms with Crippen molar-refractivity contribution in [2.24, 2.45) is 0 Å². The molecular weight excluding hydrogens is 262 g/mol. The molecular formula is C14H11NO5. The summed E-state index contributed by atoms with van der Waals surface area (Å²) in [7, 11) is 0. The lowest BCUT2D eigenvalue weighted by Crippen LogP contribution is -2.04. The molecule has 0 radical (unpaired) electrons. The van der Waals surface area contributed by atoms with Gasteiger partial charge in [0.05, 0.1) is 5.69 Å². The molecule has 1 aliphatic rings. The first-order chi connectivity index (χ1) is 9.74. The van der Waals surface area contributed by atoms with Crippen molar-refractivity contribution in [2.75, 3.05) is 6.79 Å². The highest BCUT2D eigenvalue weighted by molar-refractivity contribution is 5.92. The zero-order valence-electron chi connectivity index (χ0n) is 10.4. The smallest absolute Gasteiger partial charge is 0.339 e. The molecule has 2 heterocycles. The number of nitrogens with zero attached hydrogens (tertiary/aromatic N) is 1. The summed E-state index contributed by atoms with van der Waals surface area (Å²) in [5, 5.41) is 9.20. The van der Waals surface area contributed by atoms with Gasteiger partial charge in [0.1, 0.15) is 17.9 Å². The summed E-state index contributed by atoms with van der Waals surface area (Å²) in [4.78, 5) is 15.4. The SMILES string of the molecule is O=C(O)c1cc2c(cc1OCc1ccccn1)OCO2. The Hall–Kier alpha value is -2.76. The standard InChI is InChI=1S/C14H11NO5/c16-14(17)10-5-12-13(20-8-19-12)6-11(10)18-7-9-3-1-2-4-15-9/h1-6H,7-8H2,(H,16,17). The van der Waals surface area contributed by atoms with Gasteiger partial charge in [0.2, 0.25) is 6.79 Å². The summed E-state index contributed by atoms with van der Waals surface area (Å²) >= 11 is 0. The van der Waals surface area contributed by atoms with Crippen LogP contribution in [0.4, 0.5) is 0 Å². The largest absolute Gasteiger partial charge is 0.486 e. The van der Waals surface area contributed by atoms with E-state index in [0.717, 1.165) is 0 Å². The van der Waals surface area contributed by atoms with Gasteiger partial charge in [-0.1, -0.05) is 6.07 Å². The Morgan fingerprint density at radius 1 is 1.30 bits per heavy atom. The predicted molar refractivity (Wildman–Crippen MR) is 68.1 cm³/mol. The average molecular weight is 273 g/mol.